The van der Waals surface area contributed by atoms with Crippen LogP contribution in [0.4, 0.5) is 0 Å². The minimum absolute atomic E-state index is 0.0172. The molecule has 9 nitrogen and oxygen atoms in total. The zero-order valence-corrected chi connectivity index (χ0v) is 18.9. The molecule has 3 atom stereocenters. The Bertz CT molecular complexity index is 1200. The van der Waals surface area contributed by atoms with Gasteiger partial charge in [-0.25, -0.2) is 4.98 Å². The molecule has 3 aliphatic rings. The van der Waals surface area contributed by atoms with Gasteiger partial charge in [0.25, 0.3) is 5.91 Å². The second-order valence-corrected chi connectivity index (χ2v) is 9.18. The number of hydrogen-bond acceptors (Lipinski definition) is 7. The van der Waals surface area contributed by atoms with Crippen molar-refractivity contribution in [3.05, 3.63) is 54.1 Å². The summed E-state index contributed by atoms with van der Waals surface area (Å²) >= 11 is 0. The average Bonchev–Trinajstić information content (AvgIpc) is 3.32. The van der Waals surface area contributed by atoms with Crippen LogP contribution in [0.15, 0.2) is 52.9 Å². The van der Waals surface area contributed by atoms with Crippen molar-refractivity contribution in [2.45, 2.75) is 18.8 Å². The van der Waals surface area contributed by atoms with Crippen molar-refractivity contribution in [2.75, 3.05) is 39.3 Å². The van der Waals surface area contributed by atoms with Crippen LogP contribution in [0.5, 0.6) is 0 Å². The lowest BCUT2D eigenvalue weighted by Gasteiger charge is -2.46. The van der Waals surface area contributed by atoms with E-state index < -0.39 is 0 Å². The van der Waals surface area contributed by atoms with E-state index in [1.807, 2.05) is 47.4 Å². The molecule has 2 amide bonds. The molecule has 3 aliphatic heterocycles. The van der Waals surface area contributed by atoms with Crippen LogP contribution in [0.3, 0.4) is 0 Å². The van der Waals surface area contributed by atoms with E-state index in [1.165, 1.54) is 0 Å². The number of aromatic nitrogens is 1. The Kier molecular flexibility index (Phi) is 5.52. The van der Waals surface area contributed by atoms with Gasteiger partial charge in [-0.15, -0.1) is 0 Å². The summed E-state index contributed by atoms with van der Waals surface area (Å²) in [7, 11) is 0. The highest BCUT2D eigenvalue weighted by Gasteiger charge is 2.40. The number of fused-ring (bicyclic) bond motifs is 2. The van der Waals surface area contributed by atoms with Crippen LogP contribution in [0.25, 0.3) is 22.6 Å². The number of amides is 2. The number of nitrogens with zero attached hydrogens (tertiary/aromatic N) is 3. The Morgan fingerprint density at radius 2 is 1.88 bits per heavy atom. The van der Waals surface area contributed by atoms with Gasteiger partial charge >= 0.3 is 0 Å². The van der Waals surface area contributed by atoms with Gasteiger partial charge in [-0.05, 0) is 43.3 Å². The minimum Gasteiger partial charge on any atom is -0.436 e. The van der Waals surface area contributed by atoms with Crippen molar-refractivity contribution in [1.82, 2.24) is 30.7 Å². The van der Waals surface area contributed by atoms with Gasteiger partial charge < -0.3 is 20.0 Å². The van der Waals surface area contributed by atoms with E-state index in [2.05, 4.69) is 25.8 Å². The number of carbonyl (C=O) groups is 2. The third-order valence-corrected chi connectivity index (χ3v) is 7.09. The standard InChI is InChI=1S/C25H28N6O3/c32-22-18-8-9-26-15-20(18)28-25(29-22)31-12-10-30(11-13-31)24(33)17-6-7-19-21(14-17)34-23(27-19)16-4-2-1-3-5-16/h1-7,14,18,20,25-26,28H,8-13,15H2,(H,29,32). The number of piperidine rings is 1. The third kappa shape index (κ3) is 3.96. The molecular formula is C25H28N6O3. The SMILES string of the molecule is O=C1NC(N2CCN(C(=O)c3ccc4nc(-c5ccccc5)oc4c3)CC2)NC2CNCCC12. The molecule has 3 fully saturated rings. The summed E-state index contributed by atoms with van der Waals surface area (Å²) < 4.78 is 5.94. The van der Waals surface area contributed by atoms with E-state index in [9.17, 15) is 9.59 Å². The van der Waals surface area contributed by atoms with Crippen molar-refractivity contribution < 1.29 is 14.0 Å². The molecule has 9 heteroatoms. The fourth-order valence-corrected chi connectivity index (χ4v) is 5.16. The Morgan fingerprint density at radius 1 is 1.06 bits per heavy atom. The lowest BCUT2D eigenvalue weighted by molar-refractivity contribution is -0.133. The molecule has 2 aromatic carbocycles. The molecule has 0 spiro atoms. The first-order chi connectivity index (χ1) is 16.7. The highest BCUT2D eigenvalue weighted by molar-refractivity contribution is 5.97. The van der Waals surface area contributed by atoms with E-state index in [0.29, 0.717) is 43.2 Å². The van der Waals surface area contributed by atoms with Crippen LogP contribution in [0.2, 0.25) is 0 Å². The summed E-state index contributed by atoms with van der Waals surface area (Å²) in [5, 5.41) is 10.1. The second kappa shape index (κ2) is 8.83. The average molecular weight is 461 g/mol. The van der Waals surface area contributed by atoms with Crippen molar-refractivity contribution in [3.8, 4) is 11.5 Å². The molecule has 1 aromatic heterocycles. The number of hydrogen-bond donors (Lipinski definition) is 3. The van der Waals surface area contributed by atoms with Crippen LogP contribution in [-0.2, 0) is 4.79 Å². The van der Waals surface area contributed by atoms with Gasteiger partial charge in [-0.2, -0.15) is 0 Å². The summed E-state index contributed by atoms with van der Waals surface area (Å²) in [5.74, 6) is 0.695. The minimum atomic E-state index is -0.187. The van der Waals surface area contributed by atoms with E-state index in [4.69, 9.17) is 4.42 Å². The maximum Gasteiger partial charge on any atom is 0.254 e. The van der Waals surface area contributed by atoms with E-state index >= 15 is 0 Å². The largest absolute Gasteiger partial charge is 0.436 e. The molecule has 0 radical (unpaired) electrons. The first-order valence-electron chi connectivity index (χ1n) is 11.9. The molecule has 3 unspecified atom stereocenters. The number of nitrogens with one attached hydrogen (secondary N) is 3. The summed E-state index contributed by atoms with van der Waals surface area (Å²) in [4.78, 5) is 34.4. The fourth-order valence-electron chi connectivity index (χ4n) is 5.16. The lowest BCUT2D eigenvalue weighted by Crippen LogP contribution is -2.71. The number of benzene rings is 2. The second-order valence-electron chi connectivity index (χ2n) is 9.18. The molecule has 3 aromatic rings. The van der Waals surface area contributed by atoms with E-state index in [1.54, 1.807) is 6.07 Å². The monoisotopic (exact) mass is 460 g/mol. The van der Waals surface area contributed by atoms with Crippen LogP contribution in [0, 0.1) is 5.92 Å². The highest BCUT2D eigenvalue weighted by atomic mass is 16.3. The van der Waals surface area contributed by atoms with Crippen LogP contribution in [0.1, 0.15) is 16.8 Å². The fraction of sp³-hybridized carbons (Fsp3) is 0.400. The van der Waals surface area contributed by atoms with E-state index in [0.717, 1.165) is 30.6 Å². The Morgan fingerprint density at radius 3 is 2.71 bits per heavy atom. The predicted molar refractivity (Wildman–Crippen MR) is 127 cm³/mol. The maximum atomic E-state index is 13.2. The van der Waals surface area contributed by atoms with Crippen LogP contribution < -0.4 is 16.0 Å². The third-order valence-electron chi connectivity index (χ3n) is 7.09. The molecule has 4 heterocycles. The quantitative estimate of drug-likeness (QED) is 0.540. The molecular weight excluding hydrogens is 432 g/mol. The molecule has 34 heavy (non-hydrogen) atoms. The van der Waals surface area contributed by atoms with Gasteiger partial charge in [0.15, 0.2) is 5.58 Å². The van der Waals surface area contributed by atoms with Crippen LogP contribution >= 0.6 is 0 Å². The predicted octanol–water partition coefficient (Wildman–Crippen LogP) is 1.23. The van der Waals surface area contributed by atoms with Crippen LogP contribution in [-0.4, -0.2) is 78.2 Å². The summed E-state index contributed by atoms with van der Waals surface area (Å²) in [6.07, 6.45) is 0.675. The van der Waals surface area contributed by atoms with Gasteiger partial charge in [-0.1, -0.05) is 18.2 Å². The van der Waals surface area contributed by atoms with Crippen molar-refractivity contribution in [2.24, 2.45) is 5.92 Å². The first-order valence-corrected chi connectivity index (χ1v) is 11.9. The Balaban J connectivity index is 1.11. The summed E-state index contributed by atoms with van der Waals surface area (Å²) in [6, 6.07) is 15.3. The lowest BCUT2D eigenvalue weighted by atomic mass is 9.90. The molecule has 0 aliphatic carbocycles. The van der Waals surface area contributed by atoms with Gasteiger partial charge in [0.05, 0.1) is 5.92 Å². The number of rotatable bonds is 3. The normalized spacial score (nSPS) is 25.7. The summed E-state index contributed by atoms with van der Waals surface area (Å²) in [6.45, 7) is 4.28. The summed E-state index contributed by atoms with van der Waals surface area (Å²) in [5.41, 5.74) is 2.83. The van der Waals surface area contributed by atoms with Gasteiger partial charge in [0, 0.05) is 49.9 Å². The van der Waals surface area contributed by atoms with Gasteiger partial charge in [-0.3, -0.25) is 19.8 Å². The zero-order chi connectivity index (χ0) is 23.1. The molecule has 6 rings (SSSR count). The van der Waals surface area contributed by atoms with Crippen molar-refractivity contribution in [1.29, 1.82) is 0 Å². The molecule has 0 saturated carbocycles. The molecule has 176 valence electrons. The highest BCUT2D eigenvalue weighted by Crippen LogP contribution is 2.25. The zero-order valence-electron chi connectivity index (χ0n) is 18.9. The Labute approximate surface area is 197 Å². The topological polar surface area (TPSA) is 103 Å². The number of oxazole rings is 1. The maximum absolute atomic E-state index is 13.2. The van der Waals surface area contributed by atoms with Crippen molar-refractivity contribution in [3.63, 3.8) is 0 Å². The van der Waals surface area contributed by atoms with Gasteiger partial charge in [0.2, 0.25) is 11.8 Å². The number of carbonyl (C=O) groups excluding carboxylic acids is 2. The van der Waals surface area contributed by atoms with E-state index in [-0.39, 0.29) is 30.1 Å². The first kappa shape index (κ1) is 21.3. The Hall–Kier alpha value is -3.27. The molecule has 3 N–H and O–H groups in total. The van der Waals surface area contributed by atoms with Gasteiger partial charge in [0.1, 0.15) is 11.8 Å². The number of piperazine rings is 1. The molecule has 0 bridgehead atoms. The molecule has 3 saturated heterocycles. The van der Waals surface area contributed by atoms with Crippen molar-refractivity contribution >= 4 is 22.9 Å². The smallest absolute Gasteiger partial charge is 0.254 e.